The van der Waals surface area contributed by atoms with Crippen molar-refractivity contribution in [2.45, 2.75) is 12.1 Å². The van der Waals surface area contributed by atoms with Crippen molar-refractivity contribution in [1.29, 1.82) is 0 Å². The average Bonchev–Trinajstić information content (AvgIpc) is 2.84. The van der Waals surface area contributed by atoms with Crippen molar-refractivity contribution in [3.63, 3.8) is 0 Å². The molecule has 0 aliphatic carbocycles. The summed E-state index contributed by atoms with van der Waals surface area (Å²) in [6, 6.07) is 25.7. The molecule has 6 heteroatoms. The van der Waals surface area contributed by atoms with Crippen LogP contribution in [0.3, 0.4) is 0 Å². The molecular weight excluding hydrogens is 405 g/mol. The van der Waals surface area contributed by atoms with Gasteiger partial charge in [0.25, 0.3) is 0 Å². The second kappa shape index (κ2) is 10.9. The van der Waals surface area contributed by atoms with Crippen LogP contribution >= 0.6 is 0 Å². The summed E-state index contributed by atoms with van der Waals surface area (Å²) in [6.07, 6.45) is 0. The molecular formula is C26H28FN3O2. The minimum absolute atomic E-state index is 0.132. The van der Waals surface area contributed by atoms with Crippen LogP contribution in [0, 0.1) is 5.82 Å². The Kier molecular flexibility index (Phi) is 7.48. The molecule has 0 radical (unpaired) electrons. The standard InChI is InChI=1S/C26H28FN3O2/c27-23-13-7-12-22(18-23)24(30-14-16-32-17-15-30)19-28-26(31)29-25(20-8-3-1-4-9-20)21-10-5-2-6-11-21/h1-13,18,24-25H,14-17,19H2,(H2,28,29,31). The molecule has 5 nitrogen and oxygen atoms in total. The lowest BCUT2D eigenvalue weighted by atomic mass is 9.99. The van der Waals surface area contributed by atoms with E-state index < -0.39 is 0 Å². The van der Waals surface area contributed by atoms with Crippen molar-refractivity contribution >= 4 is 6.03 Å². The monoisotopic (exact) mass is 433 g/mol. The number of hydrogen-bond donors (Lipinski definition) is 2. The van der Waals surface area contributed by atoms with E-state index in [0.29, 0.717) is 19.8 Å². The second-order valence-electron chi connectivity index (χ2n) is 7.83. The summed E-state index contributed by atoms with van der Waals surface area (Å²) in [4.78, 5) is 15.2. The molecule has 1 aliphatic rings. The van der Waals surface area contributed by atoms with E-state index in [9.17, 15) is 9.18 Å². The van der Waals surface area contributed by atoms with Gasteiger partial charge in [0.2, 0.25) is 0 Å². The van der Waals surface area contributed by atoms with E-state index in [4.69, 9.17) is 4.74 Å². The van der Waals surface area contributed by atoms with Crippen molar-refractivity contribution in [2.75, 3.05) is 32.8 Å². The predicted octanol–water partition coefficient (Wildman–Crippen LogP) is 4.29. The number of morpholine rings is 1. The van der Waals surface area contributed by atoms with Gasteiger partial charge in [0.15, 0.2) is 0 Å². The Hall–Kier alpha value is -3.22. The zero-order valence-corrected chi connectivity index (χ0v) is 17.9. The molecule has 1 aliphatic heterocycles. The number of benzene rings is 3. The first kappa shape index (κ1) is 22.0. The summed E-state index contributed by atoms with van der Waals surface area (Å²) in [5.74, 6) is -0.279. The van der Waals surface area contributed by atoms with Crippen LogP contribution in [0.4, 0.5) is 9.18 Å². The summed E-state index contributed by atoms with van der Waals surface area (Å²) in [6.45, 7) is 3.10. The molecule has 166 valence electrons. The van der Waals surface area contributed by atoms with Gasteiger partial charge in [-0.05, 0) is 28.8 Å². The molecule has 3 aromatic carbocycles. The fourth-order valence-corrected chi connectivity index (χ4v) is 4.08. The number of ether oxygens (including phenoxy) is 1. The van der Waals surface area contributed by atoms with Crippen molar-refractivity contribution in [2.24, 2.45) is 0 Å². The van der Waals surface area contributed by atoms with Crippen LogP contribution < -0.4 is 10.6 Å². The Labute approximate surface area is 188 Å². The first-order valence-electron chi connectivity index (χ1n) is 10.9. The first-order valence-corrected chi connectivity index (χ1v) is 10.9. The highest BCUT2D eigenvalue weighted by molar-refractivity contribution is 5.75. The smallest absolute Gasteiger partial charge is 0.315 e. The number of rotatable bonds is 7. The third-order valence-electron chi connectivity index (χ3n) is 5.72. The van der Waals surface area contributed by atoms with Crippen LogP contribution in [0.2, 0.25) is 0 Å². The Balaban J connectivity index is 1.48. The van der Waals surface area contributed by atoms with Gasteiger partial charge in [0.1, 0.15) is 5.82 Å². The number of amides is 2. The van der Waals surface area contributed by atoms with E-state index in [0.717, 1.165) is 29.8 Å². The lowest BCUT2D eigenvalue weighted by molar-refractivity contribution is 0.0166. The number of carbonyl (C=O) groups excluding carboxylic acids is 1. The van der Waals surface area contributed by atoms with Gasteiger partial charge in [-0.15, -0.1) is 0 Å². The Morgan fingerprint density at radius 1 is 0.875 bits per heavy atom. The second-order valence-corrected chi connectivity index (χ2v) is 7.83. The maximum absolute atomic E-state index is 13.9. The number of hydrogen-bond acceptors (Lipinski definition) is 3. The molecule has 1 unspecified atom stereocenters. The van der Waals surface area contributed by atoms with Crippen LogP contribution in [-0.2, 0) is 4.74 Å². The van der Waals surface area contributed by atoms with E-state index in [-0.39, 0.29) is 23.9 Å². The molecule has 0 spiro atoms. The first-order chi connectivity index (χ1) is 15.7. The van der Waals surface area contributed by atoms with Crippen LogP contribution in [0.5, 0.6) is 0 Å². The predicted molar refractivity (Wildman–Crippen MR) is 123 cm³/mol. The zero-order chi connectivity index (χ0) is 22.2. The maximum Gasteiger partial charge on any atom is 0.315 e. The van der Waals surface area contributed by atoms with E-state index in [2.05, 4.69) is 15.5 Å². The molecule has 1 heterocycles. The number of nitrogens with one attached hydrogen (secondary N) is 2. The third kappa shape index (κ3) is 5.72. The molecule has 0 aromatic heterocycles. The van der Waals surface area contributed by atoms with Gasteiger partial charge in [-0.2, -0.15) is 0 Å². The molecule has 1 fully saturated rings. The van der Waals surface area contributed by atoms with Gasteiger partial charge < -0.3 is 15.4 Å². The van der Waals surface area contributed by atoms with Crippen molar-refractivity contribution < 1.29 is 13.9 Å². The fraction of sp³-hybridized carbons (Fsp3) is 0.269. The number of halogens is 1. The Morgan fingerprint density at radius 2 is 1.47 bits per heavy atom. The Morgan fingerprint density at radius 3 is 2.06 bits per heavy atom. The van der Waals surface area contributed by atoms with E-state index in [1.807, 2.05) is 66.7 Å². The van der Waals surface area contributed by atoms with Gasteiger partial charge in [0.05, 0.1) is 25.3 Å². The highest BCUT2D eigenvalue weighted by atomic mass is 19.1. The molecule has 4 rings (SSSR count). The van der Waals surface area contributed by atoms with Crippen LogP contribution in [-0.4, -0.2) is 43.8 Å². The molecule has 0 bridgehead atoms. The lowest BCUT2D eigenvalue weighted by Crippen LogP contribution is -2.46. The Bertz CT molecular complexity index is 955. The number of urea groups is 1. The van der Waals surface area contributed by atoms with Gasteiger partial charge in [-0.3, -0.25) is 4.90 Å². The van der Waals surface area contributed by atoms with E-state index >= 15 is 0 Å². The van der Waals surface area contributed by atoms with Crippen molar-refractivity contribution in [3.05, 3.63) is 107 Å². The van der Waals surface area contributed by atoms with Crippen LogP contribution in [0.15, 0.2) is 84.9 Å². The normalized spacial score (nSPS) is 15.3. The minimum atomic E-state index is -0.279. The van der Waals surface area contributed by atoms with Crippen molar-refractivity contribution in [1.82, 2.24) is 15.5 Å². The molecule has 0 saturated carbocycles. The highest BCUT2D eigenvalue weighted by Gasteiger charge is 2.24. The van der Waals surface area contributed by atoms with E-state index in [1.54, 1.807) is 6.07 Å². The topological polar surface area (TPSA) is 53.6 Å². The SMILES string of the molecule is O=C(NCC(c1cccc(F)c1)N1CCOCC1)NC(c1ccccc1)c1ccccc1. The van der Waals surface area contributed by atoms with Gasteiger partial charge in [-0.1, -0.05) is 72.8 Å². The third-order valence-corrected chi connectivity index (χ3v) is 5.72. The maximum atomic E-state index is 13.9. The zero-order valence-electron chi connectivity index (χ0n) is 17.9. The summed E-state index contributed by atoms with van der Waals surface area (Å²) >= 11 is 0. The lowest BCUT2D eigenvalue weighted by Gasteiger charge is -2.35. The van der Waals surface area contributed by atoms with Gasteiger partial charge in [-0.25, -0.2) is 9.18 Å². The van der Waals surface area contributed by atoms with Crippen LogP contribution in [0.1, 0.15) is 28.8 Å². The number of carbonyl (C=O) groups is 1. The van der Waals surface area contributed by atoms with Crippen molar-refractivity contribution in [3.8, 4) is 0 Å². The van der Waals surface area contributed by atoms with E-state index in [1.165, 1.54) is 12.1 Å². The molecule has 3 aromatic rings. The van der Waals surface area contributed by atoms with Gasteiger partial charge >= 0.3 is 6.03 Å². The number of nitrogens with zero attached hydrogens (tertiary/aromatic N) is 1. The quantitative estimate of drug-likeness (QED) is 0.585. The largest absolute Gasteiger partial charge is 0.379 e. The molecule has 2 N–H and O–H groups in total. The summed E-state index contributed by atoms with van der Waals surface area (Å²) in [5, 5.41) is 6.12. The summed E-state index contributed by atoms with van der Waals surface area (Å²) in [5.41, 5.74) is 2.85. The van der Waals surface area contributed by atoms with Gasteiger partial charge in [0, 0.05) is 19.6 Å². The highest BCUT2D eigenvalue weighted by Crippen LogP contribution is 2.23. The molecule has 1 saturated heterocycles. The summed E-state index contributed by atoms with van der Waals surface area (Å²) in [7, 11) is 0. The average molecular weight is 434 g/mol. The minimum Gasteiger partial charge on any atom is -0.379 e. The molecule has 2 amide bonds. The molecule has 1 atom stereocenters. The fourth-order valence-electron chi connectivity index (χ4n) is 4.08. The summed E-state index contributed by atoms with van der Waals surface area (Å²) < 4.78 is 19.4. The molecule has 32 heavy (non-hydrogen) atoms. The van der Waals surface area contributed by atoms with Crippen LogP contribution in [0.25, 0.3) is 0 Å².